The third-order valence-corrected chi connectivity index (χ3v) is 4.37. The van der Waals surface area contributed by atoms with E-state index < -0.39 is 0 Å². The first kappa shape index (κ1) is 13.0. The fourth-order valence-electron chi connectivity index (χ4n) is 1.69. The van der Waals surface area contributed by atoms with Crippen LogP contribution in [-0.4, -0.2) is 38.8 Å². The van der Waals surface area contributed by atoms with Crippen LogP contribution in [0.25, 0.3) is 0 Å². The van der Waals surface area contributed by atoms with Gasteiger partial charge in [-0.3, -0.25) is 4.79 Å². The number of carbonyl (C=O) groups is 1. The Balaban J connectivity index is 1.90. The third-order valence-electron chi connectivity index (χ3n) is 2.67. The Bertz CT molecular complexity index is 391. The second-order valence-corrected chi connectivity index (χ2v) is 6.37. The minimum atomic E-state index is 0.00195. The summed E-state index contributed by atoms with van der Waals surface area (Å²) in [4.78, 5) is 13.7. The van der Waals surface area contributed by atoms with Gasteiger partial charge in [0.05, 0.1) is 27.9 Å². The number of rotatable bonds is 3. The molecule has 1 aromatic heterocycles. The van der Waals surface area contributed by atoms with Gasteiger partial charge in [0.15, 0.2) is 0 Å². The molecule has 1 aliphatic heterocycles. The van der Waals surface area contributed by atoms with Crippen LogP contribution >= 0.6 is 27.3 Å². The molecule has 2 rings (SSSR count). The number of nitrogens with zero attached hydrogens (tertiary/aromatic N) is 1. The maximum atomic E-state index is 12.0. The molecule has 2 heterocycles. The maximum Gasteiger partial charge on any atom is 0.229 e. The molecule has 1 atom stereocenters. The number of carbonyl (C=O) groups excluding carboxylic acids is 1. The minimum Gasteiger partial charge on any atom is -0.375 e. The number of amides is 1. The van der Waals surface area contributed by atoms with E-state index in [-0.39, 0.29) is 12.0 Å². The molecular weight excluding hydrogens is 304 g/mol. The van der Waals surface area contributed by atoms with Gasteiger partial charge in [-0.1, -0.05) is 0 Å². The molecule has 1 saturated heterocycles. The summed E-state index contributed by atoms with van der Waals surface area (Å²) in [5.74, 6) is 0.0908. The molecule has 1 N–H and O–H groups in total. The van der Waals surface area contributed by atoms with Gasteiger partial charge >= 0.3 is 0 Å². The lowest BCUT2D eigenvalue weighted by Gasteiger charge is -2.25. The van der Waals surface area contributed by atoms with Gasteiger partial charge in [0, 0.05) is 20.1 Å². The lowest BCUT2D eigenvalue weighted by molar-refractivity contribution is -0.121. The van der Waals surface area contributed by atoms with Crippen molar-refractivity contribution in [2.45, 2.75) is 12.5 Å². The molecular formula is C11H15BrN2O2S. The van der Waals surface area contributed by atoms with Crippen molar-refractivity contribution in [3.05, 3.63) is 15.9 Å². The van der Waals surface area contributed by atoms with E-state index in [0.29, 0.717) is 13.0 Å². The molecule has 6 heteroatoms. The summed E-state index contributed by atoms with van der Waals surface area (Å²) in [5.41, 5.74) is 0. The summed E-state index contributed by atoms with van der Waals surface area (Å²) in [6.45, 7) is 2.32. The first-order chi connectivity index (χ1) is 8.16. The molecule has 0 aromatic carbocycles. The largest absolute Gasteiger partial charge is 0.375 e. The van der Waals surface area contributed by atoms with E-state index in [1.165, 1.54) is 0 Å². The molecule has 0 radical (unpaired) electrons. The van der Waals surface area contributed by atoms with E-state index in [1.54, 1.807) is 23.3 Å². The number of morpholine rings is 1. The minimum absolute atomic E-state index is 0.00195. The predicted molar refractivity (Wildman–Crippen MR) is 72.7 cm³/mol. The van der Waals surface area contributed by atoms with Gasteiger partial charge in [0.25, 0.3) is 0 Å². The number of anilines is 1. The van der Waals surface area contributed by atoms with Gasteiger partial charge in [0.1, 0.15) is 0 Å². The highest BCUT2D eigenvalue weighted by molar-refractivity contribution is 9.11. The van der Waals surface area contributed by atoms with Crippen LogP contribution in [0.2, 0.25) is 0 Å². The topological polar surface area (TPSA) is 41.6 Å². The SMILES string of the molecule is CN(C(=O)CC1CNCCO1)c1ccc(Br)s1. The van der Waals surface area contributed by atoms with Crippen LogP contribution < -0.4 is 10.2 Å². The third kappa shape index (κ3) is 3.51. The van der Waals surface area contributed by atoms with E-state index in [1.807, 2.05) is 12.1 Å². The molecule has 1 fully saturated rings. The molecule has 0 spiro atoms. The lowest BCUT2D eigenvalue weighted by Crippen LogP contribution is -2.41. The van der Waals surface area contributed by atoms with Crippen LogP contribution in [-0.2, 0) is 9.53 Å². The number of hydrogen-bond acceptors (Lipinski definition) is 4. The van der Waals surface area contributed by atoms with Crippen LogP contribution in [0.3, 0.4) is 0 Å². The Labute approximate surface area is 113 Å². The second-order valence-electron chi connectivity index (χ2n) is 3.93. The highest BCUT2D eigenvalue weighted by Gasteiger charge is 2.20. The van der Waals surface area contributed by atoms with Crippen molar-refractivity contribution in [1.29, 1.82) is 0 Å². The quantitative estimate of drug-likeness (QED) is 0.924. The number of hydrogen-bond donors (Lipinski definition) is 1. The van der Waals surface area contributed by atoms with Gasteiger partial charge < -0.3 is 15.0 Å². The monoisotopic (exact) mass is 318 g/mol. The Hall–Kier alpha value is -0.430. The Morgan fingerprint density at radius 3 is 3.12 bits per heavy atom. The molecule has 0 bridgehead atoms. The maximum absolute atomic E-state index is 12.0. The van der Waals surface area contributed by atoms with Crippen molar-refractivity contribution in [3.8, 4) is 0 Å². The highest BCUT2D eigenvalue weighted by atomic mass is 79.9. The van der Waals surface area contributed by atoms with Crippen molar-refractivity contribution >= 4 is 38.2 Å². The highest BCUT2D eigenvalue weighted by Crippen LogP contribution is 2.29. The number of halogens is 1. The van der Waals surface area contributed by atoms with Crippen LogP contribution in [0.4, 0.5) is 5.00 Å². The summed E-state index contributed by atoms with van der Waals surface area (Å²) in [6, 6.07) is 3.88. The molecule has 1 unspecified atom stereocenters. The number of ether oxygens (including phenoxy) is 1. The summed E-state index contributed by atoms with van der Waals surface area (Å²) >= 11 is 4.95. The fraction of sp³-hybridized carbons (Fsp3) is 0.545. The van der Waals surface area contributed by atoms with Gasteiger partial charge in [-0.25, -0.2) is 0 Å². The van der Waals surface area contributed by atoms with Crippen LogP contribution in [0.1, 0.15) is 6.42 Å². The second kappa shape index (κ2) is 5.95. The van der Waals surface area contributed by atoms with E-state index in [2.05, 4.69) is 21.2 Å². The Kier molecular flexibility index (Phi) is 4.55. The molecule has 1 aliphatic rings. The Morgan fingerprint density at radius 1 is 1.71 bits per heavy atom. The number of nitrogens with one attached hydrogen (secondary N) is 1. The zero-order chi connectivity index (χ0) is 12.3. The van der Waals surface area contributed by atoms with Crippen molar-refractivity contribution in [2.75, 3.05) is 31.6 Å². The number of thiophene rings is 1. The molecule has 94 valence electrons. The van der Waals surface area contributed by atoms with E-state index in [0.717, 1.165) is 21.9 Å². The average molecular weight is 319 g/mol. The molecule has 4 nitrogen and oxygen atoms in total. The van der Waals surface area contributed by atoms with E-state index in [4.69, 9.17) is 4.74 Å². The molecule has 0 saturated carbocycles. The van der Waals surface area contributed by atoms with Crippen molar-refractivity contribution in [2.24, 2.45) is 0 Å². The smallest absolute Gasteiger partial charge is 0.229 e. The van der Waals surface area contributed by atoms with Crippen LogP contribution in [0, 0.1) is 0 Å². The zero-order valence-corrected chi connectivity index (χ0v) is 12.0. The van der Waals surface area contributed by atoms with Crippen LogP contribution in [0.5, 0.6) is 0 Å². The lowest BCUT2D eigenvalue weighted by atomic mass is 10.2. The summed E-state index contributed by atoms with van der Waals surface area (Å²) < 4.78 is 6.55. The molecule has 1 aromatic rings. The first-order valence-corrected chi connectivity index (χ1v) is 7.12. The summed E-state index contributed by atoms with van der Waals surface area (Å²) in [5, 5.41) is 4.17. The summed E-state index contributed by atoms with van der Waals surface area (Å²) in [6.07, 6.45) is 0.432. The fourth-order valence-corrected chi connectivity index (χ4v) is 3.03. The van der Waals surface area contributed by atoms with E-state index in [9.17, 15) is 4.79 Å². The standard InChI is InChI=1S/C11H15BrN2O2S/c1-14(11-3-2-9(12)17-11)10(15)6-8-7-13-4-5-16-8/h2-3,8,13H,4-7H2,1H3. The van der Waals surface area contributed by atoms with Gasteiger partial charge in [-0.2, -0.15) is 0 Å². The van der Waals surface area contributed by atoms with Crippen molar-refractivity contribution in [1.82, 2.24) is 5.32 Å². The van der Waals surface area contributed by atoms with Crippen molar-refractivity contribution in [3.63, 3.8) is 0 Å². The Morgan fingerprint density at radius 2 is 2.53 bits per heavy atom. The van der Waals surface area contributed by atoms with E-state index >= 15 is 0 Å². The molecule has 0 aliphatic carbocycles. The predicted octanol–water partition coefficient (Wildman–Crippen LogP) is 1.85. The normalized spacial score (nSPS) is 20.2. The molecule has 1 amide bonds. The van der Waals surface area contributed by atoms with Crippen molar-refractivity contribution < 1.29 is 9.53 Å². The summed E-state index contributed by atoms with van der Waals surface area (Å²) in [7, 11) is 1.80. The van der Waals surface area contributed by atoms with Crippen LogP contribution in [0.15, 0.2) is 15.9 Å². The van der Waals surface area contributed by atoms with Gasteiger partial charge in [0.2, 0.25) is 5.91 Å². The molecule has 17 heavy (non-hydrogen) atoms. The zero-order valence-electron chi connectivity index (χ0n) is 9.61. The first-order valence-electron chi connectivity index (χ1n) is 5.51. The van der Waals surface area contributed by atoms with Gasteiger partial charge in [-0.15, -0.1) is 11.3 Å². The van der Waals surface area contributed by atoms with Gasteiger partial charge in [-0.05, 0) is 28.1 Å². The average Bonchev–Trinajstić information content (AvgIpc) is 2.76.